The summed E-state index contributed by atoms with van der Waals surface area (Å²) in [7, 11) is 0. The van der Waals surface area contributed by atoms with Gasteiger partial charge in [0.1, 0.15) is 0 Å². The summed E-state index contributed by atoms with van der Waals surface area (Å²) in [5.74, 6) is 0.761. The smallest absolute Gasteiger partial charge is 0.315 e. The van der Waals surface area contributed by atoms with E-state index in [0.717, 1.165) is 24.3 Å². The van der Waals surface area contributed by atoms with Crippen molar-refractivity contribution in [1.29, 1.82) is 0 Å². The zero-order chi connectivity index (χ0) is 15.2. The fourth-order valence-corrected chi connectivity index (χ4v) is 3.39. The molecule has 1 atom stereocenters. The third-order valence-corrected chi connectivity index (χ3v) is 4.32. The number of carbonyl (C=O) groups excluding carboxylic acids is 1. The molecule has 1 aliphatic heterocycles. The van der Waals surface area contributed by atoms with E-state index in [2.05, 4.69) is 10.6 Å². The van der Waals surface area contributed by atoms with Gasteiger partial charge in [-0.2, -0.15) is 11.8 Å². The average molecular weight is 302 g/mol. The summed E-state index contributed by atoms with van der Waals surface area (Å²) in [6.07, 6.45) is 2.52. The maximum Gasteiger partial charge on any atom is 0.315 e. The molecule has 0 aromatic heterocycles. The van der Waals surface area contributed by atoms with Crippen molar-refractivity contribution in [3.63, 3.8) is 0 Å². The molecule has 0 aromatic carbocycles. The summed E-state index contributed by atoms with van der Waals surface area (Å²) in [4.78, 5) is 23.0. The van der Waals surface area contributed by atoms with Crippen LogP contribution in [0.4, 0.5) is 4.79 Å². The van der Waals surface area contributed by atoms with Gasteiger partial charge in [-0.15, -0.1) is 0 Å². The number of carboxylic acid groups (broad SMARTS) is 1. The first-order valence-electron chi connectivity index (χ1n) is 7.13. The zero-order valence-corrected chi connectivity index (χ0v) is 13.4. The van der Waals surface area contributed by atoms with Crippen LogP contribution in [0.2, 0.25) is 0 Å². The number of amides is 2. The normalized spacial score (nSPS) is 18.4. The molecular formula is C14H26N2O3S. The number of hydrogen-bond acceptors (Lipinski definition) is 3. The summed E-state index contributed by atoms with van der Waals surface area (Å²) in [5, 5.41) is 14.8. The Morgan fingerprint density at radius 2 is 1.90 bits per heavy atom. The van der Waals surface area contributed by atoms with E-state index in [1.54, 1.807) is 0 Å². The minimum absolute atomic E-state index is 0.0677. The standard InChI is InChI=1S/C14H26N2O3S/c1-14(2,3)8-10(12(17)18)9-15-13(19)16-11-4-6-20-7-5-11/h10-11H,4-9H2,1-3H3,(H,17,18)(H2,15,16,19). The van der Waals surface area contributed by atoms with Gasteiger partial charge in [0.25, 0.3) is 0 Å². The number of urea groups is 1. The molecule has 0 saturated carbocycles. The van der Waals surface area contributed by atoms with E-state index in [0.29, 0.717) is 6.42 Å². The second-order valence-electron chi connectivity index (χ2n) is 6.54. The fraction of sp³-hybridized carbons (Fsp3) is 0.857. The Morgan fingerprint density at radius 1 is 1.30 bits per heavy atom. The van der Waals surface area contributed by atoms with Crippen molar-refractivity contribution in [2.24, 2.45) is 11.3 Å². The molecule has 0 spiro atoms. The Kier molecular flexibility index (Phi) is 6.65. The molecule has 1 aliphatic rings. The molecule has 1 fully saturated rings. The van der Waals surface area contributed by atoms with Crippen molar-refractivity contribution >= 4 is 23.8 Å². The molecule has 6 heteroatoms. The summed E-state index contributed by atoms with van der Waals surface area (Å²) >= 11 is 1.90. The predicted molar refractivity (Wildman–Crippen MR) is 82.1 cm³/mol. The van der Waals surface area contributed by atoms with Gasteiger partial charge in [0.05, 0.1) is 5.92 Å². The minimum atomic E-state index is -0.853. The highest BCUT2D eigenvalue weighted by atomic mass is 32.2. The monoisotopic (exact) mass is 302 g/mol. The molecule has 0 radical (unpaired) electrons. The third kappa shape index (κ3) is 7.03. The highest BCUT2D eigenvalue weighted by molar-refractivity contribution is 7.99. The average Bonchev–Trinajstić information content (AvgIpc) is 2.34. The number of carboxylic acids is 1. The lowest BCUT2D eigenvalue weighted by molar-refractivity contribution is -0.142. The van der Waals surface area contributed by atoms with Crippen molar-refractivity contribution in [1.82, 2.24) is 10.6 Å². The number of hydrogen-bond donors (Lipinski definition) is 3. The van der Waals surface area contributed by atoms with Crippen molar-refractivity contribution < 1.29 is 14.7 Å². The molecule has 5 nitrogen and oxygen atoms in total. The topological polar surface area (TPSA) is 78.4 Å². The second-order valence-corrected chi connectivity index (χ2v) is 7.77. The van der Waals surface area contributed by atoms with Crippen molar-refractivity contribution in [3.05, 3.63) is 0 Å². The van der Waals surface area contributed by atoms with E-state index < -0.39 is 11.9 Å². The predicted octanol–water partition coefficient (Wildman–Crippen LogP) is 2.32. The molecule has 0 bridgehead atoms. The summed E-state index contributed by atoms with van der Waals surface area (Å²) in [6, 6.07) is -0.0239. The maximum absolute atomic E-state index is 11.8. The lowest BCUT2D eigenvalue weighted by atomic mass is 9.84. The van der Waals surface area contributed by atoms with E-state index in [1.807, 2.05) is 32.5 Å². The lowest BCUT2D eigenvalue weighted by Crippen LogP contribution is -2.46. The molecule has 1 unspecified atom stereocenters. The van der Waals surface area contributed by atoms with Crippen LogP contribution in [0.25, 0.3) is 0 Å². The van der Waals surface area contributed by atoms with Gasteiger partial charge in [-0.05, 0) is 36.2 Å². The van der Waals surface area contributed by atoms with Gasteiger partial charge in [-0.25, -0.2) is 4.79 Å². The van der Waals surface area contributed by atoms with E-state index in [-0.39, 0.29) is 24.0 Å². The molecule has 1 saturated heterocycles. The Bertz CT molecular complexity index is 336. The number of thioether (sulfide) groups is 1. The van der Waals surface area contributed by atoms with Crippen molar-refractivity contribution in [3.8, 4) is 0 Å². The van der Waals surface area contributed by atoms with Gasteiger partial charge in [0, 0.05) is 12.6 Å². The highest BCUT2D eigenvalue weighted by Gasteiger charge is 2.25. The van der Waals surface area contributed by atoms with Gasteiger partial charge in [-0.1, -0.05) is 20.8 Å². The van der Waals surface area contributed by atoms with Crippen LogP contribution >= 0.6 is 11.8 Å². The summed E-state index contributed by atoms with van der Waals surface area (Å²) < 4.78 is 0. The highest BCUT2D eigenvalue weighted by Crippen LogP contribution is 2.24. The van der Waals surface area contributed by atoms with Gasteiger partial charge < -0.3 is 15.7 Å². The number of carbonyl (C=O) groups is 2. The van der Waals surface area contributed by atoms with Gasteiger partial charge >= 0.3 is 12.0 Å². The molecule has 20 heavy (non-hydrogen) atoms. The maximum atomic E-state index is 11.8. The van der Waals surface area contributed by atoms with Crippen LogP contribution in [0.5, 0.6) is 0 Å². The number of rotatable bonds is 5. The molecule has 2 amide bonds. The van der Waals surface area contributed by atoms with Crippen LogP contribution in [0.1, 0.15) is 40.0 Å². The molecule has 116 valence electrons. The van der Waals surface area contributed by atoms with Gasteiger partial charge in [-0.3, -0.25) is 4.79 Å². The van der Waals surface area contributed by atoms with Crippen LogP contribution in [-0.2, 0) is 4.79 Å². The van der Waals surface area contributed by atoms with Crippen LogP contribution in [-0.4, -0.2) is 41.2 Å². The molecule has 0 aromatic rings. The first-order chi connectivity index (χ1) is 9.28. The minimum Gasteiger partial charge on any atom is -0.481 e. The Labute approximate surface area is 125 Å². The molecule has 0 aliphatic carbocycles. The number of nitrogens with one attached hydrogen (secondary N) is 2. The van der Waals surface area contributed by atoms with Crippen molar-refractivity contribution in [2.45, 2.75) is 46.1 Å². The molecule has 1 heterocycles. The van der Waals surface area contributed by atoms with E-state index in [4.69, 9.17) is 0 Å². The summed E-state index contributed by atoms with van der Waals surface area (Å²) in [6.45, 7) is 6.19. The Hall–Kier alpha value is -0.910. The molecule has 1 rings (SSSR count). The largest absolute Gasteiger partial charge is 0.481 e. The zero-order valence-electron chi connectivity index (χ0n) is 12.6. The summed E-state index contributed by atoms with van der Waals surface area (Å²) in [5.41, 5.74) is -0.0677. The van der Waals surface area contributed by atoms with Gasteiger partial charge in [0.2, 0.25) is 0 Å². The van der Waals surface area contributed by atoms with Crippen molar-refractivity contribution in [2.75, 3.05) is 18.1 Å². The van der Waals surface area contributed by atoms with Crippen LogP contribution in [0.15, 0.2) is 0 Å². The first-order valence-corrected chi connectivity index (χ1v) is 8.28. The SMILES string of the molecule is CC(C)(C)CC(CNC(=O)NC1CCSCC1)C(=O)O. The molecule has 3 N–H and O–H groups in total. The quantitative estimate of drug-likeness (QED) is 0.728. The second kappa shape index (κ2) is 7.76. The van der Waals surface area contributed by atoms with Crippen LogP contribution in [0.3, 0.4) is 0 Å². The number of aliphatic carboxylic acids is 1. The van der Waals surface area contributed by atoms with E-state index >= 15 is 0 Å². The first kappa shape index (κ1) is 17.1. The van der Waals surface area contributed by atoms with Crippen LogP contribution in [0, 0.1) is 11.3 Å². The van der Waals surface area contributed by atoms with E-state index in [9.17, 15) is 14.7 Å². The Balaban J connectivity index is 2.34. The fourth-order valence-electron chi connectivity index (χ4n) is 2.28. The molecular weight excluding hydrogens is 276 g/mol. The van der Waals surface area contributed by atoms with Crippen LogP contribution < -0.4 is 10.6 Å². The van der Waals surface area contributed by atoms with E-state index in [1.165, 1.54) is 0 Å². The third-order valence-electron chi connectivity index (χ3n) is 3.27. The lowest BCUT2D eigenvalue weighted by Gasteiger charge is -2.25. The Morgan fingerprint density at radius 3 is 2.40 bits per heavy atom. The van der Waals surface area contributed by atoms with Gasteiger partial charge in [0.15, 0.2) is 0 Å².